The third-order valence-electron chi connectivity index (χ3n) is 2.46. The van der Waals surface area contributed by atoms with Gasteiger partial charge in [-0.1, -0.05) is 6.08 Å². The minimum atomic E-state index is 1.03. The van der Waals surface area contributed by atoms with Crippen LogP contribution in [0.3, 0.4) is 0 Å². The maximum Gasteiger partial charge on any atom is 0.0892 e. The first-order chi connectivity index (χ1) is 5.66. The predicted molar refractivity (Wildman–Crippen MR) is 52.5 cm³/mol. The van der Waals surface area contributed by atoms with E-state index in [2.05, 4.69) is 37.4 Å². The molecule has 0 saturated carbocycles. The molecule has 0 N–H and O–H groups in total. The number of rotatable bonds is 3. The van der Waals surface area contributed by atoms with E-state index >= 15 is 0 Å². The molecular formula is C10H18N2. The van der Waals surface area contributed by atoms with E-state index in [1.807, 2.05) is 6.08 Å². The highest BCUT2D eigenvalue weighted by Crippen LogP contribution is 2.23. The zero-order valence-corrected chi connectivity index (χ0v) is 8.30. The largest absolute Gasteiger partial charge is 0.359 e. The molecule has 1 rings (SSSR count). The Morgan fingerprint density at radius 3 is 2.50 bits per heavy atom. The summed E-state index contributed by atoms with van der Waals surface area (Å²) < 4.78 is 0. The van der Waals surface area contributed by atoms with Crippen molar-refractivity contribution in [2.45, 2.75) is 19.8 Å². The molecule has 0 unspecified atom stereocenters. The van der Waals surface area contributed by atoms with Gasteiger partial charge in [-0.2, -0.15) is 0 Å². The van der Waals surface area contributed by atoms with Gasteiger partial charge in [0.25, 0.3) is 0 Å². The number of nitrogens with zero attached hydrogens (tertiary/aromatic N) is 2. The van der Waals surface area contributed by atoms with Gasteiger partial charge < -0.3 is 9.80 Å². The van der Waals surface area contributed by atoms with Gasteiger partial charge in [-0.15, -0.1) is 6.58 Å². The Balaban J connectivity index is 2.64. The van der Waals surface area contributed by atoms with Crippen molar-refractivity contribution < 1.29 is 0 Å². The SMILES string of the molecule is C=CCCC1=C(C)N(C)CN1C. The van der Waals surface area contributed by atoms with Crippen molar-refractivity contribution in [2.24, 2.45) is 0 Å². The van der Waals surface area contributed by atoms with Crippen LogP contribution < -0.4 is 0 Å². The molecule has 0 aromatic heterocycles. The zero-order chi connectivity index (χ0) is 9.14. The Morgan fingerprint density at radius 2 is 2.08 bits per heavy atom. The molecule has 0 saturated heterocycles. The van der Waals surface area contributed by atoms with Crippen LogP contribution in [0.4, 0.5) is 0 Å². The average molecular weight is 166 g/mol. The van der Waals surface area contributed by atoms with Crippen molar-refractivity contribution in [3.8, 4) is 0 Å². The van der Waals surface area contributed by atoms with Crippen molar-refractivity contribution in [3.05, 3.63) is 24.0 Å². The van der Waals surface area contributed by atoms with Gasteiger partial charge in [0.05, 0.1) is 6.67 Å². The van der Waals surface area contributed by atoms with Gasteiger partial charge in [-0.05, 0) is 19.8 Å². The van der Waals surface area contributed by atoms with Gasteiger partial charge in [0.1, 0.15) is 0 Å². The Morgan fingerprint density at radius 1 is 1.42 bits per heavy atom. The lowest BCUT2D eigenvalue weighted by Gasteiger charge is -2.15. The minimum absolute atomic E-state index is 1.03. The van der Waals surface area contributed by atoms with Gasteiger partial charge in [0.15, 0.2) is 0 Å². The molecule has 0 radical (unpaired) electrons. The van der Waals surface area contributed by atoms with E-state index < -0.39 is 0 Å². The molecule has 0 atom stereocenters. The van der Waals surface area contributed by atoms with Gasteiger partial charge in [0.2, 0.25) is 0 Å². The Hall–Kier alpha value is -0.920. The standard InChI is InChI=1S/C10H18N2/c1-5-6-7-10-9(2)11(3)8-12(10)4/h5H,1,6-8H2,2-4H3. The zero-order valence-electron chi connectivity index (χ0n) is 8.30. The second-order valence-corrected chi connectivity index (χ2v) is 3.40. The highest BCUT2D eigenvalue weighted by molar-refractivity contribution is 5.14. The lowest BCUT2D eigenvalue weighted by molar-refractivity contribution is 0.314. The number of hydrogen-bond acceptors (Lipinski definition) is 2. The van der Waals surface area contributed by atoms with Crippen molar-refractivity contribution in [3.63, 3.8) is 0 Å². The summed E-state index contributed by atoms with van der Waals surface area (Å²) in [5.74, 6) is 0. The van der Waals surface area contributed by atoms with E-state index in [1.54, 1.807) is 0 Å². The number of hydrogen-bond donors (Lipinski definition) is 0. The monoisotopic (exact) mass is 166 g/mol. The molecular weight excluding hydrogens is 148 g/mol. The summed E-state index contributed by atoms with van der Waals surface area (Å²) in [6.07, 6.45) is 4.17. The maximum absolute atomic E-state index is 3.74. The van der Waals surface area contributed by atoms with Gasteiger partial charge in [0, 0.05) is 25.5 Å². The highest BCUT2D eigenvalue weighted by Gasteiger charge is 2.18. The first-order valence-electron chi connectivity index (χ1n) is 4.39. The third kappa shape index (κ3) is 1.63. The molecule has 1 aliphatic heterocycles. The van der Waals surface area contributed by atoms with Crippen LogP contribution in [-0.4, -0.2) is 30.6 Å². The highest BCUT2D eigenvalue weighted by atomic mass is 15.3. The van der Waals surface area contributed by atoms with Crippen molar-refractivity contribution in [1.29, 1.82) is 0 Å². The normalized spacial score (nSPS) is 17.6. The van der Waals surface area contributed by atoms with Gasteiger partial charge in [-0.3, -0.25) is 0 Å². The molecule has 2 nitrogen and oxygen atoms in total. The van der Waals surface area contributed by atoms with E-state index in [-0.39, 0.29) is 0 Å². The minimum Gasteiger partial charge on any atom is -0.359 e. The molecule has 2 heteroatoms. The quantitative estimate of drug-likeness (QED) is 0.592. The second kappa shape index (κ2) is 3.65. The Labute approximate surface area is 75.2 Å². The third-order valence-corrected chi connectivity index (χ3v) is 2.46. The molecule has 0 bridgehead atoms. The van der Waals surface area contributed by atoms with E-state index in [0.717, 1.165) is 19.5 Å². The van der Waals surface area contributed by atoms with Crippen LogP contribution in [0, 0.1) is 0 Å². The van der Waals surface area contributed by atoms with E-state index in [0.29, 0.717) is 0 Å². The summed E-state index contributed by atoms with van der Waals surface area (Å²) in [5.41, 5.74) is 2.86. The molecule has 1 heterocycles. The first-order valence-corrected chi connectivity index (χ1v) is 4.39. The molecule has 0 amide bonds. The maximum atomic E-state index is 3.74. The molecule has 0 aliphatic carbocycles. The van der Waals surface area contributed by atoms with E-state index in [1.165, 1.54) is 11.4 Å². The van der Waals surface area contributed by atoms with E-state index in [4.69, 9.17) is 0 Å². The van der Waals surface area contributed by atoms with Crippen molar-refractivity contribution in [2.75, 3.05) is 20.8 Å². The van der Waals surface area contributed by atoms with Crippen LogP contribution in [0.1, 0.15) is 19.8 Å². The summed E-state index contributed by atoms with van der Waals surface area (Å²) in [7, 11) is 4.28. The molecule has 0 aromatic carbocycles. The van der Waals surface area contributed by atoms with Crippen LogP contribution in [0.15, 0.2) is 24.0 Å². The van der Waals surface area contributed by atoms with Crippen LogP contribution in [0.2, 0.25) is 0 Å². The lowest BCUT2D eigenvalue weighted by Crippen LogP contribution is -2.20. The van der Waals surface area contributed by atoms with Crippen LogP contribution in [-0.2, 0) is 0 Å². The summed E-state index contributed by atoms with van der Waals surface area (Å²) in [4.78, 5) is 4.58. The molecule has 1 aliphatic rings. The molecule has 0 spiro atoms. The fraction of sp³-hybridized carbons (Fsp3) is 0.600. The average Bonchev–Trinajstić information content (AvgIpc) is 2.25. The van der Waals surface area contributed by atoms with Crippen molar-refractivity contribution >= 4 is 0 Å². The van der Waals surface area contributed by atoms with Gasteiger partial charge >= 0.3 is 0 Å². The number of allylic oxidation sites excluding steroid dienone is 3. The fourth-order valence-corrected chi connectivity index (χ4v) is 1.62. The smallest absolute Gasteiger partial charge is 0.0892 e. The van der Waals surface area contributed by atoms with E-state index in [9.17, 15) is 0 Å². The molecule has 68 valence electrons. The van der Waals surface area contributed by atoms with Gasteiger partial charge in [-0.25, -0.2) is 0 Å². The fourth-order valence-electron chi connectivity index (χ4n) is 1.62. The van der Waals surface area contributed by atoms with Crippen LogP contribution in [0.5, 0.6) is 0 Å². The lowest BCUT2D eigenvalue weighted by atomic mass is 10.2. The van der Waals surface area contributed by atoms with Crippen LogP contribution >= 0.6 is 0 Å². The molecule has 0 fully saturated rings. The summed E-state index contributed by atoms with van der Waals surface area (Å²) in [6.45, 7) is 6.94. The summed E-state index contributed by atoms with van der Waals surface area (Å²) in [6, 6.07) is 0. The summed E-state index contributed by atoms with van der Waals surface area (Å²) >= 11 is 0. The Bertz CT molecular complexity index is 206. The second-order valence-electron chi connectivity index (χ2n) is 3.40. The predicted octanol–water partition coefficient (Wildman–Crippen LogP) is 2.02. The topological polar surface area (TPSA) is 6.48 Å². The first kappa shape index (κ1) is 9.17. The Kier molecular flexibility index (Phi) is 2.79. The summed E-state index contributed by atoms with van der Waals surface area (Å²) in [5, 5.41) is 0. The molecule has 0 aromatic rings. The van der Waals surface area contributed by atoms with Crippen molar-refractivity contribution in [1.82, 2.24) is 9.80 Å². The van der Waals surface area contributed by atoms with Crippen LogP contribution in [0.25, 0.3) is 0 Å². The molecule has 12 heavy (non-hydrogen) atoms.